The maximum atomic E-state index is 12.6. The van der Waals surface area contributed by atoms with Gasteiger partial charge in [0, 0.05) is 35.5 Å². The molecule has 0 radical (unpaired) electrons. The van der Waals surface area contributed by atoms with Crippen LogP contribution in [-0.4, -0.2) is 83.1 Å². The van der Waals surface area contributed by atoms with Crippen LogP contribution < -0.4 is 9.47 Å². The highest BCUT2D eigenvalue weighted by atomic mass is 16.6. The van der Waals surface area contributed by atoms with Crippen LogP contribution in [0.2, 0.25) is 0 Å². The summed E-state index contributed by atoms with van der Waals surface area (Å²) in [6.45, 7) is 11.2. The molecule has 0 aliphatic heterocycles. The molecule has 0 aliphatic rings. The van der Waals surface area contributed by atoms with Gasteiger partial charge in [-0.15, -0.1) is 0 Å². The van der Waals surface area contributed by atoms with Gasteiger partial charge in [-0.05, 0) is 91.6 Å². The second-order valence-corrected chi connectivity index (χ2v) is 15.4. The standard InChI is InChI=1S/C51H60O14/c1-8-9-10-11-13-38-15-20-42(21-16-38)60-29-12-14-39-17-24-44(41(30-39)31-61-49(56)36(2)3)40-18-22-43(23-19-40)62-32-51(35-65-50(57)37(4)5,33-63-47(54)27-25-45(52)58-6)34-64-48(55)28-26-46(53)59-7/h15-28,30H,2,4,8-14,29,31-35H2,1,3,5-7H3/b27-25+,28-26+. The average Bonchev–Trinajstić information content (AvgIpc) is 3.31. The Morgan fingerprint density at radius 3 is 1.63 bits per heavy atom. The van der Waals surface area contributed by atoms with Crippen molar-refractivity contribution in [1.82, 2.24) is 0 Å². The molecule has 0 spiro atoms. The van der Waals surface area contributed by atoms with Crippen LogP contribution in [-0.2, 0) is 76.6 Å². The molecule has 348 valence electrons. The molecular formula is C51H60O14. The van der Waals surface area contributed by atoms with Gasteiger partial charge in [0.25, 0.3) is 0 Å². The van der Waals surface area contributed by atoms with Gasteiger partial charge < -0.3 is 37.9 Å². The number of benzene rings is 3. The van der Waals surface area contributed by atoms with Crippen LogP contribution in [0.3, 0.4) is 0 Å². The molecule has 0 heterocycles. The van der Waals surface area contributed by atoms with E-state index in [1.54, 1.807) is 31.2 Å². The minimum atomic E-state index is -1.52. The number of esters is 6. The molecule has 0 aliphatic carbocycles. The summed E-state index contributed by atoms with van der Waals surface area (Å²) in [5.41, 5.74) is 3.53. The van der Waals surface area contributed by atoms with Crippen LogP contribution in [0.1, 0.15) is 69.6 Å². The number of methoxy groups -OCH3 is 2. The number of hydrogen-bond donors (Lipinski definition) is 0. The molecule has 0 unspecified atom stereocenters. The molecule has 0 atom stereocenters. The van der Waals surface area contributed by atoms with Crippen LogP contribution in [0.5, 0.6) is 11.5 Å². The summed E-state index contributed by atoms with van der Waals surface area (Å²) in [7, 11) is 2.27. The molecule has 0 saturated heterocycles. The number of unbranched alkanes of at least 4 members (excludes halogenated alkanes) is 3. The Hall–Kier alpha value is -6.96. The molecule has 0 amide bonds. The van der Waals surface area contributed by atoms with Gasteiger partial charge in [-0.2, -0.15) is 0 Å². The van der Waals surface area contributed by atoms with E-state index in [4.69, 9.17) is 28.4 Å². The van der Waals surface area contributed by atoms with Crippen molar-refractivity contribution < 1.29 is 66.7 Å². The molecular weight excluding hydrogens is 837 g/mol. The highest BCUT2D eigenvalue weighted by Gasteiger charge is 2.37. The Kier molecular flexibility index (Phi) is 22.5. The number of carbonyl (C=O) groups is 6. The number of hydrogen-bond acceptors (Lipinski definition) is 14. The van der Waals surface area contributed by atoms with Gasteiger partial charge in [0.05, 0.1) is 20.8 Å². The highest BCUT2D eigenvalue weighted by Crippen LogP contribution is 2.30. The molecule has 0 N–H and O–H groups in total. The van der Waals surface area contributed by atoms with Gasteiger partial charge in [-0.3, -0.25) is 0 Å². The van der Waals surface area contributed by atoms with E-state index in [1.165, 1.54) is 38.2 Å². The van der Waals surface area contributed by atoms with Gasteiger partial charge in [0.2, 0.25) is 0 Å². The molecule has 14 heteroatoms. The molecule has 3 aromatic carbocycles. The summed E-state index contributed by atoms with van der Waals surface area (Å²) >= 11 is 0. The fourth-order valence-electron chi connectivity index (χ4n) is 5.96. The second kappa shape index (κ2) is 28.0. The van der Waals surface area contributed by atoms with Crippen LogP contribution in [0, 0.1) is 5.41 Å². The Bertz CT molecular complexity index is 2110. The first-order chi connectivity index (χ1) is 31.2. The van der Waals surface area contributed by atoms with Crippen molar-refractivity contribution >= 4 is 35.8 Å². The monoisotopic (exact) mass is 896 g/mol. The van der Waals surface area contributed by atoms with E-state index in [1.807, 2.05) is 30.3 Å². The summed E-state index contributed by atoms with van der Waals surface area (Å²) in [4.78, 5) is 73.3. The van der Waals surface area contributed by atoms with Crippen molar-refractivity contribution in [3.8, 4) is 22.6 Å². The predicted octanol–water partition coefficient (Wildman–Crippen LogP) is 8.14. The molecule has 0 fully saturated rings. The molecule has 65 heavy (non-hydrogen) atoms. The average molecular weight is 897 g/mol. The minimum Gasteiger partial charge on any atom is -0.494 e. The zero-order valence-corrected chi connectivity index (χ0v) is 38.0. The minimum absolute atomic E-state index is 0.000903. The number of aryl methyl sites for hydroxylation is 2. The van der Waals surface area contributed by atoms with E-state index >= 15 is 0 Å². The number of ether oxygens (including phenoxy) is 8. The fourth-order valence-corrected chi connectivity index (χ4v) is 5.96. The first-order valence-corrected chi connectivity index (χ1v) is 21.2. The molecule has 3 aromatic rings. The third kappa shape index (κ3) is 19.5. The van der Waals surface area contributed by atoms with Crippen molar-refractivity contribution in [2.24, 2.45) is 5.41 Å². The molecule has 3 rings (SSSR count). The number of rotatable bonds is 28. The van der Waals surface area contributed by atoms with E-state index < -0.39 is 61.1 Å². The van der Waals surface area contributed by atoms with E-state index in [-0.39, 0.29) is 24.4 Å². The van der Waals surface area contributed by atoms with Gasteiger partial charge in [-0.1, -0.05) is 81.8 Å². The first kappa shape index (κ1) is 52.4. The first-order valence-electron chi connectivity index (χ1n) is 21.2. The third-order valence-corrected chi connectivity index (χ3v) is 9.72. The lowest BCUT2D eigenvalue weighted by Gasteiger charge is -2.31. The molecule has 0 aromatic heterocycles. The van der Waals surface area contributed by atoms with Crippen LogP contribution in [0.4, 0.5) is 0 Å². The lowest BCUT2D eigenvalue weighted by Crippen LogP contribution is -2.44. The second-order valence-electron chi connectivity index (χ2n) is 15.4. The Labute approximate surface area is 381 Å². The summed E-state index contributed by atoms with van der Waals surface area (Å²) in [6, 6.07) is 21.2. The Balaban J connectivity index is 1.82. The summed E-state index contributed by atoms with van der Waals surface area (Å²) in [6.07, 6.45) is 10.8. The van der Waals surface area contributed by atoms with Crippen LogP contribution in [0.25, 0.3) is 11.1 Å². The SMILES string of the molecule is C=C(C)C(=O)OCc1cc(CCCOc2ccc(CCCCCC)cc2)ccc1-c1ccc(OCC(COC(=O)/C=C/C(=O)OC)(COC(=O)/C=C/C(=O)OC)COC(=O)C(=C)C)cc1. The largest absolute Gasteiger partial charge is 0.494 e. The zero-order chi connectivity index (χ0) is 47.6. The maximum absolute atomic E-state index is 12.6. The lowest BCUT2D eigenvalue weighted by atomic mass is 9.92. The van der Waals surface area contributed by atoms with Gasteiger partial charge in [0.15, 0.2) is 0 Å². The third-order valence-electron chi connectivity index (χ3n) is 9.72. The summed E-state index contributed by atoms with van der Waals surface area (Å²) < 4.78 is 43.0. The zero-order valence-electron chi connectivity index (χ0n) is 38.0. The van der Waals surface area contributed by atoms with Crippen molar-refractivity contribution in [1.29, 1.82) is 0 Å². The topological polar surface area (TPSA) is 176 Å². The quantitative estimate of drug-likeness (QED) is 0.0295. The molecule has 0 saturated carbocycles. The normalized spacial score (nSPS) is 11.1. The van der Waals surface area contributed by atoms with Gasteiger partial charge >= 0.3 is 35.8 Å². The highest BCUT2D eigenvalue weighted by molar-refractivity contribution is 5.92. The molecule has 0 bridgehead atoms. The van der Waals surface area contributed by atoms with Crippen molar-refractivity contribution in [3.05, 3.63) is 132 Å². The van der Waals surface area contributed by atoms with Crippen LogP contribution >= 0.6 is 0 Å². The van der Waals surface area contributed by atoms with Crippen LogP contribution in [0.15, 0.2) is 115 Å². The fraction of sp³-hybridized carbons (Fsp3) is 0.373. The molecule has 14 nitrogen and oxygen atoms in total. The lowest BCUT2D eigenvalue weighted by molar-refractivity contribution is -0.159. The van der Waals surface area contributed by atoms with E-state index in [9.17, 15) is 28.8 Å². The predicted molar refractivity (Wildman–Crippen MR) is 243 cm³/mol. The van der Waals surface area contributed by atoms with E-state index in [0.29, 0.717) is 12.4 Å². The van der Waals surface area contributed by atoms with Crippen molar-refractivity contribution in [3.63, 3.8) is 0 Å². The van der Waals surface area contributed by atoms with Gasteiger partial charge in [-0.25, -0.2) is 28.8 Å². The van der Waals surface area contributed by atoms with Crippen molar-refractivity contribution in [2.75, 3.05) is 47.3 Å². The van der Waals surface area contributed by atoms with Crippen molar-refractivity contribution in [2.45, 2.75) is 72.3 Å². The van der Waals surface area contributed by atoms with Gasteiger partial charge in [0.1, 0.15) is 49.9 Å². The smallest absolute Gasteiger partial charge is 0.333 e. The Morgan fingerprint density at radius 2 is 1.06 bits per heavy atom. The number of carbonyl (C=O) groups excluding carboxylic acids is 6. The van der Waals surface area contributed by atoms with E-state index in [2.05, 4.69) is 41.7 Å². The summed E-state index contributed by atoms with van der Waals surface area (Å²) in [5.74, 6) is -3.63. The summed E-state index contributed by atoms with van der Waals surface area (Å²) in [5, 5.41) is 0. The Morgan fingerprint density at radius 1 is 0.554 bits per heavy atom. The van der Waals surface area contributed by atoms with E-state index in [0.717, 1.165) is 85.8 Å². The maximum Gasteiger partial charge on any atom is 0.333 e.